The lowest BCUT2D eigenvalue weighted by molar-refractivity contribution is 0.647. The molecule has 72 valence electrons. The third-order valence-corrected chi connectivity index (χ3v) is 2.00. The van der Waals surface area contributed by atoms with Crippen LogP contribution in [0.2, 0.25) is 0 Å². The third kappa shape index (κ3) is 3.69. The van der Waals surface area contributed by atoms with Crippen molar-refractivity contribution in [2.75, 3.05) is 11.3 Å². The van der Waals surface area contributed by atoms with Crippen molar-refractivity contribution < 1.29 is 0 Å². The van der Waals surface area contributed by atoms with Crippen molar-refractivity contribution in [2.45, 2.75) is 20.3 Å². The second kappa shape index (κ2) is 5.13. The Kier molecular flexibility index (Phi) is 4.10. The van der Waals surface area contributed by atoms with E-state index in [0.717, 1.165) is 12.1 Å². The van der Waals surface area contributed by atoms with E-state index in [-0.39, 0.29) is 0 Å². The maximum Gasteiger partial charge on any atom is 0.0901 e. The molecule has 0 aliphatic heterocycles. The molecule has 0 aliphatic rings. The van der Waals surface area contributed by atoms with Gasteiger partial charge in [0.25, 0.3) is 0 Å². The molecule has 1 nitrogen and oxygen atoms in total. The van der Waals surface area contributed by atoms with Crippen LogP contribution < -0.4 is 5.32 Å². The summed E-state index contributed by atoms with van der Waals surface area (Å²) in [5.74, 6) is 0.715. The fourth-order valence-corrected chi connectivity index (χ4v) is 1.46. The number of alkyl halides is 1. The average Bonchev–Trinajstić information content (AvgIpc) is 2.08. The molecule has 0 spiro atoms. The van der Waals surface area contributed by atoms with E-state index in [2.05, 4.69) is 43.4 Å². The Balaban J connectivity index is 2.59. The maximum atomic E-state index is 5.55. The normalized spacial score (nSPS) is 10.5. The van der Waals surface area contributed by atoms with Crippen LogP contribution >= 0.6 is 11.6 Å². The van der Waals surface area contributed by atoms with E-state index in [1.165, 1.54) is 5.56 Å². The van der Waals surface area contributed by atoms with Gasteiger partial charge in [0.05, 0.1) is 6.00 Å². The second-order valence-corrected chi connectivity index (χ2v) is 3.87. The van der Waals surface area contributed by atoms with Crippen LogP contribution in [0.1, 0.15) is 19.4 Å². The van der Waals surface area contributed by atoms with E-state index in [0.29, 0.717) is 11.9 Å². The molecular formula is C11H16ClN. The van der Waals surface area contributed by atoms with Gasteiger partial charge in [-0.2, -0.15) is 0 Å². The molecular weight excluding hydrogens is 182 g/mol. The zero-order valence-corrected chi connectivity index (χ0v) is 8.93. The molecule has 0 radical (unpaired) electrons. The molecule has 1 N–H and O–H groups in total. The molecule has 0 heterocycles. The van der Waals surface area contributed by atoms with E-state index in [1.54, 1.807) is 0 Å². The molecule has 0 bridgehead atoms. The van der Waals surface area contributed by atoms with Crippen molar-refractivity contribution in [2.24, 2.45) is 5.92 Å². The van der Waals surface area contributed by atoms with Crippen LogP contribution in [0, 0.1) is 5.92 Å². The van der Waals surface area contributed by atoms with Crippen LogP contribution in [0.15, 0.2) is 24.3 Å². The molecule has 0 fully saturated rings. The van der Waals surface area contributed by atoms with Crippen molar-refractivity contribution in [3.63, 3.8) is 0 Å². The molecule has 0 atom stereocenters. The van der Waals surface area contributed by atoms with Crippen LogP contribution in [0.3, 0.4) is 0 Å². The van der Waals surface area contributed by atoms with Gasteiger partial charge in [-0.25, -0.2) is 0 Å². The lowest BCUT2D eigenvalue weighted by Crippen LogP contribution is -1.96. The molecule has 0 saturated carbocycles. The van der Waals surface area contributed by atoms with Crippen LogP contribution in [0.25, 0.3) is 0 Å². The number of anilines is 1. The van der Waals surface area contributed by atoms with Gasteiger partial charge in [0.1, 0.15) is 0 Å². The SMILES string of the molecule is CC(C)Cc1ccc(NCCl)cc1. The number of hydrogen-bond donors (Lipinski definition) is 1. The summed E-state index contributed by atoms with van der Waals surface area (Å²) in [5.41, 5.74) is 2.47. The summed E-state index contributed by atoms with van der Waals surface area (Å²) < 4.78 is 0. The highest BCUT2D eigenvalue weighted by atomic mass is 35.5. The van der Waals surface area contributed by atoms with Gasteiger partial charge in [-0.3, -0.25) is 0 Å². The second-order valence-electron chi connectivity index (χ2n) is 3.61. The largest absolute Gasteiger partial charge is 0.372 e. The molecule has 1 aromatic rings. The van der Waals surface area contributed by atoms with Gasteiger partial charge in [-0.15, -0.1) is 11.6 Å². The highest BCUT2D eigenvalue weighted by Gasteiger charge is 1.97. The molecule has 13 heavy (non-hydrogen) atoms. The quantitative estimate of drug-likeness (QED) is 0.576. The summed E-state index contributed by atoms with van der Waals surface area (Å²) in [6.07, 6.45) is 1.14. The minimum Gasteiger partial charge on any atom is -0.372 e. The Labute approximate surface area is 85.1 Å². The summed E-state index contributed by atoms with van der Waals surface area (Å²) in [7, 11) is 0. The van der Waals surface area contributed by atoms with Crippen molar-refractivity contribution in [1.82, 2.24) is 0 Å². The van der Waals surface area contributed by atoms with E-state index >= 15 is 0 Å². The predicted octanol–water partition coefficient (Wildman–Crippen LogP) is 3.49. The Morgan fingerprint density at radius 3 is 2.31 bits per heavy atom. The summed E-state index contributed by atoms with van der Waals surface area (Å²) in [6.45, 7) is 4.45. The number of halogens is 1. The summed E-state index contributed by atoms with van der Waals surface area (Å²) >= 11 is 5.55. The smallest absolute Gasteiger partial charge is 0.0901 e. The number of rotatable bonds is 4. The molecule has 0 aromatic heterocycles. The van der Waals surface area contributed by atoms with E-state index in [4.69, 9.17) is 11.6 Å². The van der Waals surface area contributed by atoms with Crippen molar-refractivity contribution in [1.29, 1.82) is 0 Å². The Bertz CT molecular complexity index is 241. The molecule has 2 heteroatoms. The van der Waals surface area contributed by atoms with Gasteiger partial charge < -0.3 is 5.32 Å². The van der Waals surface area contributed by atoms with Gasteiger partial charge in [0.15, 0.2) is 0 Å². The Morgan fingerprint density at radius 2 is 1.85 bits per heavy atom. The molecule has 1 rings (SSSR count). The van der Waals surface area contributed by atoms with E-state index in [1.807, 2.05) is 0 Å². The van der Waals surface area contributed by atoms with Gasteiger partial charge in [-0.1, -0.05) is 26.0 Å². The zero-order valence-electron chi connectivity index (χ0n) is 8.18. The van der Waals surface area contributed by atoms with Crippen molar-refractivity contribution in [3.05, 3.63) is 29.8 Å². The lowest BCUT2D eigenvalue weighted by atomic mass is 10.0. The first-order valence-electron chi connectivity index (χ1n) is 4.61. The van der Waals surface area contributed by atoms with E-state index in [9.17, 15) is 0 Å². The first-order chi connectivity index (χ1) is 6.22. The highest BCUT2D eigenvalue weighted by Crippen LogP contribution is 2.12. The molecule has 0 aliphatic carbocycles. The molecule has 0 unspecified atom stereocenters. The van der Waals surface area contributed by atoms with Crippen molar-refractivity contribution >= 4 is 17.3 Å². The first kappa shape index (κ1) is 10.4. The number of hydrogen-bond acceptors (Lipinski definition) is 1. The molecule has 1 aromatic carbocycles. The predicted molar refractivity (Wildman–Crippen MR) is 59.3 cm³/mol. The van der Waals surface area contributed by atoms with Crippen LogP contribution in [0.4, 0.5) is 5.69 Å². The van der Waals surface area contributed by atoms with Gasteiger partial charge in [0.2, 0.25) is 0 Å². The van der Waals surface area contributed by atoms with Gasteiger partial charge in [0, 0.05) is 5.69 Å². The Hall–Kier alpha value is -0.690. The summed E-state index contributed by atoms with van der Waals surface area (Å²) in [4.78, 5) is 0. The molecule has 0 amide bonds. The fourth-order valence-electron chi connectivity index (χ4n) is 1.31. The van der Waals surface area contributed by atoms with E-state index < -0.39 is 0 Å². The minimum absolute atomic E-state index is 0.462. The van der Waals surface area contributed by atoms with Gasteiger partial charge >= 0.3 is 0 Å². The number of benzene rings is 1. The Morgan fingerprint density at radius 1 is 1.23 bits per heavy atom. The van der Waals surface area contributed by atoms with Crippen molar-refractivity contribution in [3.8, 4) is 0 Å². The average molecular weight is 198 g/mol. The third-order valence-electron chi connectivity index (χ3n) is 1.87. The van der Waals surface area contributed by atoms with Crippen LogP contribution in [-0.4, -0.2) is 6.00 Å². The monoisotopic (exact) mass is 197 g/mol. The lowest BCUT2D eigenvalue weighted by Gasteiger charge is -2.06. The van der Waals surface area contributed by atoms with Crippen LogP contribution in [-0.2, 0) is 6.42 Å². The highest BCUT2D eigenvalue weighted by molar-refractivity contribution is 6.18. The molecule has 0 saturated heterocycles. The standard InChI is InChI=1S/C11H16ClN/c1-9(2)7-10-3-5-11(6-4-10)13-8-12/h3-6,9,13H,7-8H2,1-2H3. The zero-order chi connectivity index (χ0) is 9.68. The summed E-state index contributed by atoms with van der Waals surface area (Å²) in [6, 6.07) is 8.90. The maximum absolute atomic E-state index is 5.55. The minimum atomic E-state index is 0.462. The van der Waals surface area contributed by atoms with Crippen LogP contribution in [0.5, 0.6) is 0 Å². The first-order valence-corrected chi connectivity index (χ1v) is 5.14. The summed E-state index contributed by atoms with van der Waals surface area (Å²) in [5, 5.41) is 3.05. The topological polar surface area (TPSA) is 12.0 Å². The fraction of sp³-hybridized carbons (Fsp3) is 0.455. The number of nitrogens with one attached hydrogen (secondary N) is 1. The van der Waals surface area contributed by atoms with Gasteiger partial charge in [-0.05, 0) is 30.0 Å².